The molecule has 3 aromatic carbocycles. The summed E-state index contributed by atoms with van der Waals surface area (Å²) in [4.78, 5) is 13.8. The van der Waals surface area contributed by atoms with Crippen LogP contribution < -0.4 is 0 Å². The van der Waals surface area contributed by atoms with Crippen LogP contribution in [0.25, 0.3) is 0 Å². The molecule has 1 saturated heterocycles. The number of nitrogens with zero attached hydrogens (tertiary/aromatic N) is 1. The van der Waals surface area contributed by atoms with Gasteiger partial charge in [0.05, 0.1) is 11.5 Å². The molecule has 7 unspecified atom stereocenters. The van der Waals surface area contributed by atoms with Gasteiger partial charge in [0.1, 0.15) is 5.60 Å². The number of carbonyl (C=O) groups is 1. The van der Waals surface area contributed by atoms with Crippen molar-refractivity contribution in [1.82, 2.24) is 4.90 Å². The number of rotatable bonds is 12. The number of aryl methyl sites for hydroxylation is 3. The van der Waals surface area contributed by atoms with Crippen LogP contribution in [0, 0.1) is 64.2 Å². The Morgan fingerprint density at radius 1 is 0.942 bits per heavy atom. The first-order valence-electron chi connectivity index (χ1n) is 21.4. The fraction of sp³-hybridized carbons (Fsp3) is 0.596. The first-order chi connectivity index (χ1) is 25.9. The van der Waals surface area contributed by atoms with Gasteiger partial charge in [0.25, 0.3) is 0 Å². The van der Waals surface area contributed by atoms with Crippen molar-refractivity contribution in [3.05, 3.63) is 104 Å². The molecule has 1 heterocycles. The number of piperidine rings is 1. The highest BCUT2D eigenvalue weighted by molar-refractivity contribution is 5.81. The molecule has 7 atom stereocenters. The molecular formula is C47H69NO4. The van der Waals surface area contributed by atoms with Crippen molar-refractivity contribution in [2.45, 2.75) is 146 Å². The number of benzene rings is 3. The maximum Gasteiger partial charge on any atom is 0.314 e. The lowest BCUT2D eigenvalue weighted by Gasteiger charge is -2.64. The molecule has 2 N–H and O–H groups in total. The summed E-state index contributed by atoms with van der Waals surface area (Å²) in [6, 6.07) is 12.9. The highest BCUT2D eigenvalue weighted by Crippen LogP contribution is 2.63. The van der Waals surface area contributed by atoms with E-state index in [2.05, 4.69) is 0 Å². The number of ether oxygens (including phenoxy) is 1. The maximum absolute atomic E-state index is 12.4. The smallest absolute Gasteiger partial charge is 0.314 e. The molecule has 0 amide bonds. The Hall–Kier alpha value is -2.99. The van der Waals surface area contributed by atoms with Crippen molar-refractivity contribution in [2.24, 2.45) is 22.7 Å². The molecule has 286 valence electrons. The van der Waals surface area contributed by atoms with Crippen molar-refractivity contribution in [2.75, 3.05) is 13.6 Å². The second kappa shape index (κ2) is 15.0. The van der Waals surface area contributed by atoms with Gasteiger partial charge in [-0.15, -0.1) is 0 Å². The van der Waals surface area contributed by atoms with E-state index in [1.807, 2.05) is 119 Å². The molecule has 4 rings (SSSR count). The normalized spacial score (nSPS) is 28.2. The molecular weight excluding hydrogens is 643 g/mol. The van der Waals surface area contributed by atoms with Gasteiger partial charge >= 0.3 is 5.97 Å². The fourth-order valence-corrected chi connectivity index (χ4v) is 8.73. The Kier molecular flexibility index (Phi) is 10.0. The van der Waals surface area contributed by atoms with E-state index in [0.717, 1.165) is 44.5 Å². The van der Waals surface area contributed by atoms with E-state index < -0.39 is 64.8 Å². The van der Waals surface area contributed by atoms with E-state index in [1.165, 1.54) is 4.90 Å². The molecule has 0 spiro atoms. The summed E-state index contributed by atoms with van der Waals surface area (Å²) in [5, 5.41) is 21.9. The SMILES string of the molecule is [2H]C1([2H])N(C(C)CC(C)C(O)c2ccc(C(C)(C(=O)O)C(C)C)cc2C)C([2H])(C)C(C)(C)C(C)(C(OC)(c2cccc(C)c2C)c2ccc(C)c(C)c2C)C1([2H])[2H]. The van der Waals surface area contributed by atoms with Crippen LogP contribution in [0.3, 0.4) is 0 Å². The zero-order valence-electron chi connectivity index (χ0n) is 39.8. The van der Waals surface area contributed by atoms with Crippen LogP contribution in [0.5, 0.6) is 0 Å². The minimum atomic E-state index is -2.71. The number of aliphatic carboxylic acids is 1. The van der Waals surface area contributed by atoms with E-state index in [9.17, 15) is 21.9 Å². The summed E-state index contributed by atoms with van der Waals surface area (Å²) in [6.45, 7) is 25.7. The molecule has 1 aliphatic heterocycles. The van der Waals surface area contributed by atoms with Crippen LogP contribution in [0.2, 0.25) is 0 Å². The molecule has 0 bridgehead atoms. The van der Waals surface area contributed by atoms with Crippen LogP contribution >= 0.6 is 0 Å². The van der Waals surface area contributed by atoms with Gasteiger partial charge in [-0.25, -0.2) is 0 Å². The van der Waals surface area contributed by atoms with Gasteiger partial charge in [-0.05, 0) is 154 Å². The standard InChI is InChI=1S/C47H69NO4/c1-28(2)46(15,43(50)51)38-21-22-39(31(5)27-38)42(49)32(6)26-33(7)48-25-24-45(14,44(12,13)37(48)11)47(52-16,40-19-17-18-29(3)35(40)9)41-23-20-30(4)34(8)36(41)10/h17-23,27-28,32-33,37,42,49H,24-26H2,1-16H3,(H,50,51)/i24D2,25D2,37D. The minimum absolute atomic E-state index is 0.170. The highest BCUT2D eigenvalue weighted by atomic mass is 16.5. The summed E-state index contributed by atoms with van der Waals surface area (Å²) in [5.74, 6) is -1.52. The fourth-order valence-electron chi connectivity index (χ4n) is 8.73. The molecule has 5 heteroatoms. The molecule has 52 heavy (non-hydrogen) atoms. The van der Waals surface area contributed by atoms with Gasteiger partial charge in [-0.1, -0.05) is 90.1 Å². The van der Waals surface area contributed by atoms with Crippen molar-refractivity contribution in [3.8, 4) is 0 Å². The van der Waals surface area contributed by atoms with Gasteiger partial charge in [0.2, 0.25) is 0 Å². The second-order valence-corrected chi connectivity index (χ2v) is 17.0. The van der Waals surface area contributed by atoms with E-state index in [-0.39, 0.29) is 12.3 Å². The Labute approximate surface area is 323 Å². The Morgan fingerprint density at radius 2 is 1.54 bits per heavy atom. The van der Waals surface area contributed by atoms with Crippen molar-refractivity contribution >= 4 is 5.97 Å². The number of carboxylic acids is 1. The third kappa shape index (κ3) is 6.47. The number of aliphatic hydroxyl groups excluding tert-OH is 1. The second-order valence-electron chi connectivity index (χ2n) is 17.0. The number of hydrogen-bond acceptors (Lipinski definition) is 4. The minimum Gasteiger partial charge on any atom is -0.481 e. The van der Waals surface area contributed by atoms with Gasteiger partial charge in [-0.2, -0.15) is 0 Å². The number of hydrogen-bond donors (Lipinski definition) is 2. The van der Waals surface area contributed by atoms with E-state index >= 15 is 0 Å². The van der Waals surface area contributed by atoms with Crippen molar-refractivity contribution in [1.29, 1.82) is 0 Å². The molecule has 5 nitrogen and oxygen atoms in total. The van der Waals surface area contributed by atoms with E-state index in [1.54, 1.807) is 40.0 Å². The quantitative estimate of drug-likeness (QED) is 0.195. The Balaban J connectivity index is 1.90. The lowest BCUT2D eigenvalue weighted by atomic mass is 9.48. The highest BCUT2D eigenvalue weighted by Gasteiger charge is 2.63. The van der Waals surface area contributed by atoms with E-state index in [0.29, 0.717) is 11.1 Å². The van der Waals surface area contributed by atoms with Crippen LogP contribution in [0.1, 0.15) is 144 Å². The predicted octanol–water partition coefficient (Wildman–Crippen LogP) is 10.7. The Bertz CT molecular complexity index is 1980. The summed E-state index contributed by atoms with van der Waals surface area (Å²) in [7, 11) is 1.59. The van der Waals surface area contributed by atoms with Crippen LogP contribution in [0.4, 0.5) is 0 Å². The van der Waals surface area contributed by atoms with Crippen LogP contribution in [-0.4, -0.2) is 46.7 Å². The maximum atomic E-state index is 12.4. The zero-order valence-corrected chi connectivity index (χ0v) is 34.8. The number of aliphatic hydroxyl groups is 1. The summed E-state index contributed by atoms with van der Waals surface area (Å²) >= 11 is 0. The molecule has 0 aliphatic carbocycles. The number of carboxylic acid groups (broad SMARTS) is 1. The molecule has 0 radical (unpaired) electrons. The summed E-state index contributed by atoms with van der Waals surface area (Å²) in [6.07, 6.45) is -3.37. The third-order valence-corrected chi connectivity index (χ3v) is 13.9. The zero-order chi connectivity index (χ0) is 43.8. The first kappa shape index (κ1) is 34.8. The third-order valence-electron chi connectivity index (χ3n) is 13.9. The van der Waals surface area contributed by atoms with Gasteiger partial charge in [-0.3, -0.25) is 9.69 Å². The van der Waals surface area contributed by atoms with Crippen molar-refractivity contribution < 1.29 is 26.6 Å². The summed E-state index contributed by atoms with van der Waals surface area (Å²) < 4.78 is 57.6. The average Bonchev–Trinajstić information content (AvgIpc) is 3.11. The number of likely N-dealkylation sites (tertiary alicyclic amines) is 1. The first-order valence-corrected chi connectivity index (χ1v) is 18.9. The van der Waals surface area contributed by atoms with Crippen LogP contribution in [-0.2, 0) is 20.5 Å². The largest absolute Gasteiger partial charge is 0.481 e. The Morgan fingerprint density at radius 3 is 2.10 bits per heavy atom. The lowest BCUT2D eigenvalue weighted by molar-refractivity contribution is -0.192. The topological polar surface area (TPSA) is 70.0 Å². The van der Waals surface area contributed by atoms with E-state index in [4.69, 9.17) is 4.74 Å². The lowest BCUT2D eigenvalue weighted by Crippen LogP contribution is -2.66. The molecule has 1 aliphatic rings. The van der Waals surface area contributed by atoms with Crippen LogP contribution in [0.15, 0.2) is 48.5 Å². The monoisotopic (exact) mass is 717 g/mol. The molecule has 3 aromatic rings. The molecule has 1 fully saturated rings. The van der Waals surface area contributed by atoms with Gasteiger partial charge < -0.3 is 14.9 Å². The average molecular weight is 717 g/mol. The van der Waals surface area contributed by atoms with Crippen molar-refractivity contribution in [3.63, 3.8) is 0 Å². The summed E-state index contributed by atoms with van der Waals surface area (Å²) in [5.41, 5.74) is 2.81. The van der Waals surface area contributed by atoms with Gasteiger partial charge in [0.15, 0.2) is 0 Å². The molecule has 0 aromatic heterocycles. The van der Waals surface area contributed by atoms with Gasteiger partial charge in [0, 0.05) is 31.4 Å². The predicted molar refractivity (Wildman–Crippen MR) is 216 cm³/mol. The number of methoxy groups -OCH3 is 1. The molecule has 0 saturated carbocycles.